The summed E-state index contributed by atoms with van der Waals surface area (Å²) in [4.78, 5) is 35.7. The first-order valence-corrected chi connectivity index (χ1v) is 8.26. The van der Waals surface area contributed by atoms with Crippen LogP contribution in [0, 0.1) is 10.1 Å². The van der Waals surface area contributed by atoms with Gasteiger partial charge in [0.25, 0.3) is 5.69 Å². The van der Waals surface area contributed by atoms with E-state index >= 15 is 0 Å². The topological polar surface area (TPSA) is 125 Å². The zero-order valence-corrected chi connectivity index (χ0v) is 15.2. The summed E-state index contributed by atoms with van der Waals surface area (Å²) in [5.74, 6) is -1.02. The number of carbonyl (C=O) groups is 2. The van der Waals surface area contributed by atoms with Crippen molar-refractivity contribution >= 4 is 41.7 Å². The average molecular weight is 402 g/mol. The Morgan fingerprint density at radius 3 is 2.62 bits per heavy atom. The predicted molar refractivity (Wildman–Crippen MR) is 95.2 cm³/mol. The molecule has 1 saturated heterocycles. The Morgan fingerprint density at radius 2 is 2.04 bits per heavy atom. The van der Waals surface area contributed by atoms with Gasteiger partial charge in [-0.05, 0) is 23.8 Å². The van der Waals surface area contributed by atoms with Gasteiger partial charge in [-0.15, -0.1) is 12.4 Å². The van der Waals surface area contributed by atoms with Crippen LogP contribution in [0.4, 0.5) is 5.69 Å². The molecule has 1 aromatic carbocycles. The third kappa shape index (κ3) is 3.68. The number of nitrogens with zero attached hydrogens (tertiary/aromatic N) is 2. The van der Waals surface area contributed by atoms with Crippen molar-refractivity contribution in [2.75, 3.05) is 7.11 Å². The molecule has 0 saturated carbocycles. The highest BCUT2D eigenvalue weighted by molar-refractivity contribution is 8.00. The van der Waals surface area contributed by atoms with Crippen LogP contribution in [-0.4, -0.2) is 45.7 Å². The smallest absolute Gasteiger partial charge is 0.355 e. The standard InChI is InChI=1S/C15H15N3O6S.ClH/c1-23-11-6-10(17-13(19)12(16)14(17)25-11)15(20)24-7-8-2-4-9(5-3-8)18(21)22;/h2-6,11-12,14H,7,16H2,1H3;1H/t11?,12?,14-;/m0./s1. The number of nitro benzene ring substituents is 1. The first kappa shape index (κ1) is 20.2. The average Bonchev–Trinajstić information content (AvgIpc) is 2.64. The molecule has 0 bridgehead atoms. The number of non-ortho nitro benzene ring substituents is 1. The number of amides is 1. The van der Waals surface area contributed by atoms with Crippen LogP contribution in [0.15, 0.2) is 36.0 Å². The van der Waals surface area contributed by atoms with Crippen LogP contribution in [0.1, 0.15) is 5.56 Å². The molecule has 0 aliphatic carbocycles. The highest BCUT2D eigenvalue weighted by Crippen LogP contribution is 2.40. The number of methoxy groups -OCH3 is 1. The summed E-state index contributed by atoms with van der Waals surface area (Å²) in [6.07, 6.45) is 1.52. The number of β-lactam (4-membered cyclic amide) rings is 1. The summed E-state index contributed by atoms with van der Waals surface area (Å²) in [7, 11) is 1.50. The molecule has 3 rings (SSSR count). The number of halogens is 1. The molecular formula is C15H16ClN3O6S. The van der Waals surface area contributed by atoms with Gasteiger partial charge in [0.1, 0.15) is 29.2 Å². The largest absolute Gasteiger partial charge is 0.456 e. The van der Waals surface area contributed by atoms with E-state index in [1.165, 1.54) is 54.1 Å². The number of fused-ring (bicyclic) bond motifs is 1. The van der Waals surface area contributed by atoms with Crippen molar-refractivity contribution in [3.63, 3.8) is 0 Å². The van der Waals surface area contributed by atoms with E-state index in [1.807, 2.05) is 0 Å². The van der Waals surface area contributed by atoms with E-state index < -0.39 is 22.4 Å². The van der Waals surface area contributed by atoms with Gasteiger partial charge in [-0.3, -0.25) is 19.8 Å². The molecule has 0 radical (unpaired) electrons. The maximum atomic E-state index is 12.4. The van der Waals surface area contributed by atoms with Crippen LogP contribution in [0.25, 0.3) is 0 Å². The van der Waals surface area contributed by atoms with Gasteiger partial charge in [0.05, 0.1) is 4.92 Å². The number of nitrogens with two attached hydrogens (primary N) is 1. The highest BCUT2D eigenvalue weighted by atomic mass is 35.5. The third-order valence-electron chi connectivity index (χ3n) is 3.87. The van der Waals surface area contributed by atoms with E-state index in [2.05, 4.69) is 0 Å². The Morgan fingerprint density at radius 1 is 1.38 bits per heavy atom. The van der Waals surface area contributed by atoms with Gasteiger partial charge in [-0.25, -0.2) is 4.79 Å². The molecule has 0 spiro atoms. The minimum Gasteiger partial charge on any atom is -0.456 e. The summed E-state index contributed by atoms with van der Waals surface area (Å²) in [6, 6.07) is 4.99. The van der Waals surface area contributed by atoms with Crippen LogP contribution in [0.3, 0.4) is 0 Å². The number of benzene rings is 1. The second-order valence-corrected chi connectivity index (χ2v) is 6.64. The maximum Gasteiger partial charge on any atom is 0.355 e. The van der Waals surface area contributed by atoms with Crippen LogP contribution in [-0.2, 0) is 25.7 Å². The molecule has 2 unspecified atom stereocenters. The molecule has 2 aliphatic heterocycles. The van der Waals surface area contributed by atoms with Crippen LogP contribution in [0.5, 0.6) is 0 Å². The summed E-state index contributed by atoms with van der Waals surface area (Å²) < 4.78 is 10.4. The van der Waals surface area contributed by atoms with Crippen LogP contribution in [0.2, 0.25) is 0 Å². The number of ether oxygens (including phenoxy) is 2. The van der Waals surface area contributed by atoms with Gasteiger partial charge in [0, 0.05) is 19.2 Å². The Balaban J connectivity index is 0.00000243. The fraction of sp³-hybridized carbons (Fsp3) is 0.333. The lowest BCUT2D eigenvalue weighted by atomic mass is 10.1. The summed E-state index contributed by atoms with van der Waals surface area (Å²) >= 11 is 1.34. The van der Waals surface area contributed by atoms with Crippen molar-refractivity contribution in [1.29, 1.82) is 0 Å². The second kappa shape index (κ2) is 8.04. The van der Waals surface area contributed by atoms with Crippen molar-refractivity contribution in [3.8, 4) is 0 Å². The SMILES string of the molecule is COC1C=C(C(=O)OCc2ccc([N+](=O)[O-])cc2)N2C(=O)C(N)[C@@H]2S1.Cl. The predicted octanol–water partition coefficient (Wildman–Crippen LogP) is 1.16. The third-order valence-corrected chi connectivity index (χ3v) is 5.25. The molecule has 1 amide bonds. The first-order valence-electron chi connectivity index (χ1n) is 7.31. The van der Waals surface area contributed by atoms with Gasteiger partial charge in [0.15, 0.2) is 0 Å². The van der Waals surface area contributed by atoms with Crippen molar-refractivity contribution in [2.24, 2.45) is 5.73 Å². The molecule has 0 aromatic heterocycles. The highest BCUT2D eigenvalue weighted by Gasteiger charge is 2.52. The van der Waals surface area contributed by atoms with Crippen LogP contribution >= 0.6 is 24.2 Å². The van der Waals surface area contributed by atoms with Gasteiger partial charge >= 0.3 is 5.97 Å². The first-order chi connectivity index (χ1) is 11.9. The lowest BCUT2D eigenvalue weighted by Gasteiger charge is -2.48. The number of rotatable bonds is 5. The summed E-state index contributed by atoms with van der Waals surface area (Å²) in [5.41, 5.74) is 6.00. The van der Waals surface area contributed by atoms with Gasteiger partial charge in [-0.2, -0.15) is 0 Å². The zero-order chi connectivity index (χ0) is 18.1. The minimum atomic E-state index is -0.675. The number of esters is 1. The number of hydrogen-bond donors (Lipinski definition) is 1. The fourth-order valence-electron chi connectivity index (χ4n) is 2.50. The van der Waals surface area contributed by atoms with Gasteiger partial charge < -0.3 is 15.2 Å². The lowest BCUT2D eigenvalue weighted by Crippen LogP contribution is -2.68. The van der Waals surface area contributed by atoms with E-state index in [-0.39, 0.29) is 41.7 Å². The molecular weight excluding hydrogens is 386 g/mol. The number of carbonyl (C=O) groups excluding carboxylic acids is 2. The van der Waals surface area contributed by atoms with Gasteiger partial charge in [-0.1, -0.05) is 11.8 Å². The number of thioether (sulfide) groups is 1. The molecule has 9 nitrogen and oxygen atoms in total. The Labute approximate surface area is 159 Å². The van der Waals surface area contributed by atoms with Crippen molar-refractivity contribution in [3.05, 3.63) is 51.7 Å². The van der Waals surface area contributed by atoms with Crippen molar-refractivity contribution in [1.82, 2.24) is 4.90 Å². The summed E-state index contributed by atoms with van der Waals surface area (Å²) in [5, 5.41) is 10.3. The Hall–Kier alpha value is -2.14. The zero-order valence-electron chi connectivity index (χ0n) is 13.6. The van der Waals surface area contributed by atoms with E-state index in [4.69, 9.17) is 15.2 Å². The monoisotopic (exact) mass is 401 g/mol. The normalized spacial score (nSPS) is 23.9. The van der Waals surface area contributed by atoms with E-state index in [9.17, 15) is 19.7 Å². The summed E-state index contributed by atoms with van der Waals surface area (Å²) in [6.45, 7) is -0.0717. The van der Waals surface area contributed by atoms with Crippen LogP contribution < -0.4 is 5.73 Å². The molecule has 26 heavy (non-hydrogen) atoms. The minimum absolute atomic E-state index is 0. The van der Waals surface area contributed by atoms with E-state index in [1.54, 1.807) is 0 Å². The Kier molecular flexibility index (Phi) is 6.24. The van der Waals surface area contributed by atoms with Gasteiger partial charge in [0.2, 0.25) is 5.91 Å². The van der Waals surface area contributed by atoms with Crippen molar-refractivity contribution < 1.29 is 24.0 Å². The molecule has 1 fully saturated rings. The molecule has 11 heteroatoms. The van der Waals surface area contributed by atoms with Crippen molar-refractivity contribution in [2.45, 2.75) is 23.5 Å². The molecule has 3 atom stereocenters. The number of nitro groups is 1. The molecule has 2 N–H and O–H groups in total. The second-order valence-electron chi connectivity index (χ2n) is 5.42. The lowest BCUT2D eigenvalue weighted by molar-refractivity contribution is -0.384. The van der Waals surface area contributed by atoms with E-state index in [0.29, 0.717) is 5.56 Å². The molecule has 140 valence electrons. The number of hydrogen-bond acceptors (Lipinski definition) is 8. The quantitative estimate of drug-likeness (QED) is 0.337. The maximum absolute atomic E-state index is 12.4. The molecule has 2 aliphatic rings. The molecule has 1 aromatic rings. The van der Waals surface area contributed by atoms with E-state index in [0.717, 1.165) is 0 Å². The fourth-order valence-corrected chi connectivity index (χ4v) is 3.72. The molecule has 2 heterocycles. The Bertz CT molecular complexity index is 756.